The van der Waals surface area contributed by atoms with Crippen molar-refractivity contribution in [3.8, 4) is 11.1 Å². The van der Waals surface area contributed by atoms with E-state index in [1.54, 1.807) is 12.1 Å². The molecule has 0 spiro atoms. The summed E-state index contributed by atoms with van der Waals surface area (Å²) in [6, 6.07) is 14.0. The summed E-state index contributed by atoms with van der Waals surface area (Å²) in [5, 5.41) is 5.30. The van der Waals surface area contributed by atoms with Crippen molar-refractivity contribution in [2.75, 3.05) is 23.4 Å². The lowest BCUT2D eigenvalue weighted by Gasteiger charge is -2.24. The highest BCUT2D eigenvalue weighted by atomic mass is 35.5. The van der Waals surface area contributed by atoms with Crippen LogP contribution in [0.4, 0.5) is 29.3 Å². The van der Waals surface area contributed by atoms with E-state index in [4.69, 9.17) is 11.6 Å². The molecule has 0 aliphatic carbocycles. The molecule has 1 aliphatic rings. The Kier molecular flexibility index (Phi) is 7.70. The van der Waals surface area contributed by atoms with Gasteiger partial charge in [0.2, 0.25) is 5.91 Å². The highest BCUT2D eigenvalue weighted by Gasteiger charge is 2.47. The zero-order chi connectivity index (χ0) is 27.7. The number of nitrogens with zero attached hydrogens (tertiary/aromatic N) is 1. The second kappa shape index (κ2) is 10.7. The van der Waals surface area contributed by atoms with Gasteiger partial charge in [-0.3, -0.25) is 4.79 Å². The Balaban J connectivity index is 1.47. The fourth-order valence-electron chi connectivity index (χ4n) is 4.27. The van der Waals surface area contributed by atoms with Crippen LogP contribution in [-0.2, 0) is 14.6 Å². The first kappa shape index (κ1) is 27.5. The summed E-state index contributed by atoms with van der Waals surface area (Å²) in [5.74, 6) is -4.80. The first-order chi connectivity index (χ1) is 17.8. The second-order valence-electron chi connectivity index (χ2n) is 8.99. The van der Waals surface area contributed by atoms with Crippen LogP contribution in [0.25, 0.3) is 11.1 Å². The van der Waals surface area contributed by atoms with Gasteiger partial charge in [0, 0.05) is 41.4 Å². The zero-order valence-corrected chi connectivity index (χ0v) is 21.6. The lowest BCUT2D eigenvalue weighted by atomic mass is 10.0. The molecule has 1 heterocycles. The van der Waals surface area contributed by atoms with Crippen LogP contribution in [0.3, 0.4) is 0 Å². The van der Waals surface area contributed by atoms with E-state index in [9.17, 15) is 31.2 Å². The Hall–Kier alpha value is -3.57. The van der Waals surface area contributed by atoms with Crippen molar-refractivity contribution in [1.82, 2.24) is 4.90 Å². The van der Waals surface area contributed by atoms with E-state index >= 15 is 0 Å². The predicted molar refractivity (Wildman–Crippen MR) is 139 cm³/mol. The van der Waals surface area contributed by atoms with E-state index < -0.39 is 58.9 Å². The highest BCUT2D eigenvalue weighted by Crippen LogP contribution is 2.35. The maximum Gasteiger partial charge on any atom is 0.322 e. The molecule has 0 saturated carbocycles. The van der Waals surface area contributed by atoms with Crippen molar-refractivity contribution in [2.24, 2.45) is 0 Å². The van der Waals surface area contributed by atoms with Crippen molar-refractivity contribution >= 4 is 44.8 Å². The molecule has 1 aliphatic heterocycles. The second-order valence-corrected chi connectivity index (χ2v) is 11.4. The number of hydrogen-bond acceptors (Lipinski definition) is 4. The summed E-state index contributed by atoms with van der Waals surface area (Å²) < 4.78 is 67.4. The molecule has 1 saturated heterocycles. The monoisotopic (exact) mass is 565 g/mol. The molecule has 4 rings (SSSR count). The number of benzene rings is 3. The molecule has 12 heteroatoms. The molecule has 2 N–H and O–H groups in total. The van der Waals surface area contributed by atoms with Crippen LogP contribution in [0, 0.1) is 5.82 Å². The highest BCUT2D eigenvalue weighted by molar-refractivity contribution is 7.90. The van der Waals surface area contributed by atoms with Crippen LogP contribution < -0.4 is 10.6 Å². The molecule has 3 aromatic carbocycles. The third kappa shape index (κ3) is 6.46. The molecule has 38 heavy (non-hydrogen) atoms. The number of sulfone groups is 1. The van der Waals surface area contributed by atoms with Crippen LogP contribution in [0.15, 0.2) is 71.6 Å². The van der Waals surface area contributed by atoms with Gasteiger partial charge in [0.05, 0.1) is 17.1 Å². The van der Waals surface area contributed by atoms with Gasteiger partial charge in [-0.1, -0.05) is 35.9 Å². The number of amides is 3. The van der Waals surface area contributed by atoms with E-state index in [1.807, 2.05) is 0 Å². The number of hydrogen-bond donors (Lipinski definition) is 2. The average molecular weight is 566 g/mol. The van der Waals surface area contributed by atoms with Crippen LogP contribution in [0.1, 0.15) is 12.8 Å². The molecule has 0 radical (unpaired) electrons. The number of alkyl halides is 2. The molecule has 0 unspecified atom stereocenters. The van der Waals surface area contributed by atoms with Crippen LogP contribution >= 0.6 is 11.6 Å². The Bertz CT molecular complexity index is 1480. The number of rotatable bonds is 6. The van der Waals surface area contributed by atoms with Crippen LogP contribution in [-0.4, -0.2) is 50.0 Å². The van der Waals surface area contributed by atoms with Crippen molar-refractivity contribution in [3.63, 3.8) is 0 Å². The Morgan fingerprint density at radius 2 is 1.74 bits per heavy atom. The van der Waals surface area contributed by atoms with Gasteiger partial charge in [0.15, 0.2) is 9.84 Å². The number of halogens is 4. The number of nitrogens with one attached hydrogen (secondary N) is 2. The largest absolute Gasteiger partial charge is 0.324 e. The third-order valence-electron chi connectivity index (χ3n) is 5.99. The van der Waals surface area contributed by atoms with Gasteiger partial charge in [-0.15, -0.1) is 0 Å². The smallest absolute Gasteiger partial charge is 0.322 e. The van der Waals surface area contributed by atoms with E-state index in [-0.39, 0.29) is 16.1 Å². The fraction of sp³-hybridized carbons (Fsp3) is 0.231. The maximum absolute atomic E-state index is 14.9. The molecular weight excluding hydrogens is 543 g/mol. The van der Waals surface area contributed by atoms with Crippen molar-refractivity contribution in [1.29, 1.82) is 0 Å². The first-order valence-electron chi connectivity index (χ1n) is 11.4. The van der Waals surface area contributed by atoms with Crippen LogP contribution in [0.5, 0.6) is 0 Å². The molecule has 200 valence electrons. The lowest BCUT2D eigenvalue weighted by molar-refractivity contribution is -0.117. The van der Waals surface area contributed by atoms with Gasteiger partial charge >= 0.3 is 6.03 Å². The number of carbonyl (C=O) groups excluding carboxylic acids is 2. The Morgan fingerprint density at radius 3 is 2.39 bits per heavy atom. The average Bonchev–Trinajstić information content (AvgIpc) is 3.15. The quantitative estimate of drug-likeness (QED) is 0.394. The lowest BCUT2D eigenvalue weighted by Crippen LogP contribution is -2.41. The van der Waals surface area contributed by atoms with Gasteiger partial charge in [-0.05, 0) is 48.0 Å². The van der Waals surface area contributed by atoms with Gasteiger partial charge in [-0.25, -0.2) is 26.4 Å². The van der Waals surface area contributed by atoms with E-state index in [0.717, 1.165) is 17.2 Å². The molecule has 0 bridgehead atoms. The molecule has 1 fully saturated rings. The number of anilines is 2. The van der Waals surface area contributed by atoms with Gasteiger partial charge < -0.3 is 15.5 Å². The number of carbonyl (C=O) groups is 2. The van der Waals surface area contributed by atoms with Gasteiger partial charge in [0.1, 0.15) is 5.82 Å². The summed E-state index contributed by atoms with van der Waals surface area (Å²) >= 11 is 5.82. The van der Waals surface area contributed by atoms with Crippen molar-refractivity contribution in [2.45, 2.75) is 29.7 Å². The van der Waals surface area contributed by atoms with E-state index in [1.165, 1.54) is 48.5 Å². The predicted octanol–water partition coefficient (Wildman–Crippen LogP) is 5.82. The SMILES string of the molecule is CS(=O)(=O)c1ccccc1-c1ccc(NC(=O)C[C@H]2CC(F)(F)CN2C(=O)Nc2ccc(Cl)cc2)c(F)c1. The number of urea groups is 1. The Morgan fingerprint density at radius 1 is 1.05 bits per heavy atom. The topological polar surface area (TPSA) is 95.6 Å². The number of likely N-dealkylation sites (tertiary alicyclic amines) is 1. The normalized spacial score (nSPS) is 16.8. The third-order valence-corrected chi connectivity index (χ3v) is 7.40. The summed E-state index contributed by atoms with van der Waals surface area (Å²) in [6.45, 7) is -0.868. The molecule has 3 amide bonds. The molecule has 7 nitrogen and oxygen atoms in total. The summed E-state index contributed by atoms with van der Waals surface area (Å²) in [4.78, 5) is 26.2. The molecule has 1 atom stereocenters. The Labute approximate surface area is 222 Å². The van der Waals surface area contributed by atoms with Gasteiger partial charge in [0.25, 0.3) is 5.92 Å². The minimum absolute atomic E-state index is 0.0234. The summed E-state index contributed by atoms with van der Waals surface area (Å²) in [6.07, 6.45) is -0.164. The minimum Gasteiger partial charge on any atom is -0.324 e. The van der Waals surface area contributed by atoms with Gasteiger partial charge in [-0.2, -0.15) is 0 Å². The van der Waals surface area contributed by atoms with Crippen molar-refractivity contribution in [3.05, 3.63) is 77.6 Å². The minimum atomic E-state index is -3.58. The standard InChI is InChI=1S/C26H23ClF3N3O4S/c1-38(36,37)23-5-3-2-4-20(23)16-6-11-22(21(28)12-16)32-24(34)13-19-14-26(29,30)15-33(19)25(35)31-18-9-7-17(27)8-10-18/h2-12,19H,13-15H2,1H3,(H,31,35)(H,32,34)/t19-/m0/s1. The summed E-state index contributed by atoms with van der Waals surface area (Å²) in [5.41, 5.74) is 0.708. The summed E-state index contributed by atoms with van der Waals surface area (Å²) in [7, 11) is -3.58. The maximum atomic E-state index is 14.9. The van der Waals surface area contributed by atoms with E-state index in [2.05, 4.69) is 10.6 Å². The molecule has 0 aromatic heterocycles. The van der Waals surface area contributed by atoms with Crippen LogP contribution in [0.2, 0.25) is 5.02 Å². The fourth-order valence-corrected chi connectivity index (χ4v) is 5.31. The van der Waals surface area contributed by atoms with Crippen molar-refractivity contribution < 1.29 is 31.2 Å². The zero-order valence-electron chi connectivity index (χ0n) is 20.0. The molecule has 3 aromatic rings. The van der Waals surface area contributed by atoms with E-state index in [0.29, 0.717) is 16.3 Å². The first-order valence-corrected chi connectivity index (χ1v) is 13.7. The molecular formula is C26H23ClF3N3O4S.